The van der Waals surface area contributed by atoms with E-state index < -0.39 is 5.60 Å². The van der Waals surface area contributed by atoms with E-state index in [9.17, 15) is 9.59 Å². The van der Waals surface area contributed by atoms with Crippen molar-refractivity contribution < 1.29 is 14.3 Å². The quantitative estimate of drug-likeness (QED) is 0.661. The number of ether oxygens (including phenoxy) is 1. The molecule has 2 N–H and O–H groups in total. The number of amides is 2. The fourth-order valence-electron chi connectivity index (χ4n) is 5.91. The monoisotopic (exact) mass is 438 g/mol. The van der Waals surface area contributed by atoms with Crippen molar-refractivity contribution >= 4 is 35.0 Å². The standard InChI is InChI=1S/C22H28Cl2N2O3/c1-21(2,29-17-5-3-16(24)4-6-17)20(28)25-19-14-7-13-8-15(19)11-22(9-13,10-14)26-18(27)12-23/h3-6,13-15,19H,7-12H2,1-2H3,(H,25,28)(H,26,27)/t13?,14-,15+,19+,22+. The number of rotatable bonds is 6. The Balaban J connectivity index is 1.43. The Kier molecular flexibility index (Phi) is 5.49. The first kappa shape index (κ1) is 20.8. The summed E-state index contributed by atoms with van der Waals surface area (Å²) in [4.78, 5) is 25.0. The number of alkyl halides is 1. The van der Waals surface area contributed by atoms with E-state index in [0.29, 0.717) is 28.5 Å². The summed E-state index contributed by atoms with van der Waals surface area (Å²) in [5, 5.41) is 7.11. The SMILES string of the molecule is CC(C)(Oc1ccc(Cl)cc1)C(=O)N[C@H]1[C@@H]2CC3C[C@H]1C[C@](NC(=O)CCl)(C3)C2. The Morgan fingerprint density at radius 2 is 1.76 bits per heavy atom. The maximum atomic E-state index is 13.1. The highest BCUT2D eigenvalue weighted by Crippen LogP contribution is 2.55. The number of carbonyl (C=O) groups excluding carboxylic acids is 2. The Morgan fingerprint density at radius 1 is 1.14 bits per heavy atom. The smallest absolute Gasteiger partial charge is 0.263 e. The van der Waals surface area contributed by atoms with Crippen molar-refractivity contribution in [3.63, 3.8) is 0 Å². The molecule has 0 aliphatic heterocycles. The molecule has 7 heteroatoms. The van der Waals surface area contributed by atoms with Crippen molar-refractivity contribution in [3.8, 4) is 5.75 Å². The summed E-state index contributed by atoms with van der Waals surface area (Å²) in [6, 6.07) is 7.16. The average molecular weight is 439 g/mol. The lowest BCUT2D eigenvalue weighted by molar-refractivity contribution is -0.140. The second-order valence-electron chi connectivity index (χ2n) is 9.50. The van der Waals surface area contributed by atoms with Crippen molar-refractivity contribution in [2.24, 2.45) is 17.8 Å². The molecule has 158 valence electrons. The molecule has 2 amide bonds. The molecule has 0 radical (unpaired) electrons. The number of nitrogens with one attached hydrogen (secondary N) is 2. The molecule has 1 aromatic carbocycles. The van der Waals surface area contributed by atoms with Crippen LogP contribution in [0.3, 0.4) is 0 Å². The normalized spacial score (nSPS) is 32.7. The molecule has 5 atom stereocenters. The molecular weight excluding hydrogens is 411 g/mol. The fourth-order valence-corrected chi connectivity index (χ4v) is 6.10. The third-order valence-corrected chi connectivity index (χ3v) is 7.33. The average Bonchev–Trinajstić information content (AvgIpc) is 2.65. The van der Waals surface area contributed by atoms with Gasteiger partial charge < -0.3 is 15.4 Å². The van der Waals surface area contributed by atoms with Crippen LogP contribution < -0.4 is 15.4 Å². The van der Waals surface area contributed by atoms with Crippen LogP contribution in [0.15, 0.2) is 24.3 Å². The van der Waals surface area contributed by atoms with Crippen LogP contribution in [0.5, 0.6) is 5.75 Å². The molecule has 1 unspecified atom stereocenters. The van der Waals surface area contributed by atoms with Gasteiger partial charge in [-0.15, -0.1) is 11.6 Å². The van der Waals surface area contributed by atoms with Gasteiger partial charge in [0.2, 0.25) is 5.91 Å². The minimum Gasteiger partial charge on any atom is -0.478 e. The molecule has 0 aromatic heterocycles. The van der Waals surface area contributed by atoms with Gasteiger partial charge in [-0.1, -0.05) is 11.6 Å². The minimum absolute atomic E-state index is 0.00184. The number of halogens is 2. The summed E-state index contributed by atoms with van der Waals surface area (Å²) in [7, 11) is 0. The van der Waals surface area contributed by atoms with Gasteiger partial charge in [0.05, 0.1) is 0 Å². The van der Waals surface area contributed by atoms with Gasteiger partial charge in [-0.25, -0.2) is 0 Å². The Hall–Kier alpha value is -1.46. The first-order chi connectivity index (χ1) is 13.7. The Morgan fingerprint density at radius 3 is 2.34 bits per heavy atom. The molecule has 1 aromatic rings. The highest BCUT2D eigenvalue weighted by molar-refractivity contribution is 6.30. The van der Waals surface area contributed by atoms with Crippen LogP contribution in [-0.2, 0) is 9.59 Å². The third-order valence-electron chi connectivity index (χ3n) is 6.83. The molecule has 5 rings (SSSR count). The molecule has 0 saturated heterocycles. The predicted molar refractivity (Wildman–Crippen MR) is 113 cm³/mol. The first-order valence-corrected chi connectivity index (χ1v) is 11.2. The molecule has 4 fully saturated rings. The largest absolute Gasteiger partial charge is 0.478 e. The van der Waals surface area contributed by atoms with Crippen molar-refractivity contribution in [1.29, 1.82) is 0 Å². The summed E-state index contributed by atoms with van der Waals surface area (Å²) in [5.41, 5.74) is -1.13. The third kappa shape index (κ3) is 4.22. The first-order valence-electron chi connectivity index (χ1n) is 10.3. The van der Waals surface area contributed by atoms with Gasteiger partial charge in [-0.2, -0.15) is 0 Å². The van der Waals surface area contributed by atoms with E-state index in [1.807, 2.05) is 0 Å². The number of hydrogen-bond acceptors (Lipinski definition) is 3. The molecule has 0 spiro atoms. The van der Waals surface area contributed by atoms with E-state index in [4.69, 9.17) is 27.9 Å². The maximum absolute atomic E-state index is 13.1. The summed E-state index contributed by atoms with van der Waals surface area (Å²) >= 11 is 11.7. The summed E-state index contributed by atoms with van der Waals surface area (Å²) in [6.45, 7) is 3.57. The van der Waals surface area contributed by atoms with Crippen molar-refractivity contribution in [2.75, 3.05) is 5.88 Å². The van der Waals surface area contributed by atoms with Crippen LogP contribution in [0.4, 0.5) is 0 Å². The maximum Gasteiger partial charge on any atom is 0.263 e. The van der Waals surface area contributed by atoms with Gasteiger partial charge in [-0.05, 0) is 88.0 Å². The summed E-state index contributed by atoms with van der Waals surface area (Å²) in [5.74, 6) is 1.80. The van der Waals surface area contributed by atoms with Crippen molar-refractivity contribution in [1.82, 2.24) is 10.6 Å². The minimum atomic E-state index is -0.993. The van der Waals surface area contributed by atoms with Crippen molar-refractivity contribution in [3.05, 3.63) is 29.3 Å². The van der Waals surface area contributed by atoms with Crippen LogP contribution in [0.2, 0.25) is 5.02 Å². The zero-order valence-corrected chi connectivity index (χ0v) is 18.4. The summed E-state index contributed by atoms with van der Waals surface area (Å²) < 4.78 is 5.96. The Labute approximate surface area is 181 Å². The van der Waals surface area contributed by atoms with Crippen LogP contribution in [0, 0.1) is 17.8 Å². The van der Waals surface area contributed by atoms with Crippen molar-refractivity contribution in [2.45, 2.75) is 63.1 Å². The van der Waals surface area contributed by atoms with Crippen LogP contribution in [-0.4, -0.2) is 34.9 Å². The zero-order valence-electron chi connectivity index (χ0n) is 16.8. The molecule has 4 aliphatic rings. The van der Waals surface area contributed by atoms with E-state index in [1.165, 1.54) is 0 Å². The van der Waals surface area contributed by atoms with Gasteiger partial charge in [0, 0.05) is 16.6 Å². The molecular formula is C22H28Cl2N2O3. The number of hydrogen-bond donors (Lipinski definition) is 2. The van der Waals surface area contributed by atoms with E-state index >= 15 is 0 Å². The molecule has 5 nitrogen and oxygen atoms in total. The second kappa shape index (κ2) is 7.66. The topological polar surface area (TPSA) is 67.4 Å². The van der Waals surface area contributed by atoms with Crippen LogP contribution in [0.1, 0.15) is 46.0 Å². The second-order valence-corrected chi connectivity index (χ2v) is 10.2. The van der Waals surface area contributed by atoms with E-state index in [-0.39, 0.29) is 29.3 Å². The summed E-state index contributed by atoms with van der Waals surface area (Å²) in [6.07, 6.45) is 5.07. The van der Waals surface area contributed by atoms with E-state index in [1.54, 1.807) is 38.1 Å². The van der Waals surface area contributed by atoms with Gasteiger partial charge in [0.25, 0.3) is 5.91 Å². The number of benzene rings is 1. The lowest BCUT2D eigenvalue weighted by Crippen LogP contribution is -2.67. The van der Waals surface area contributed by atoms with Gasteiger partial charge >= 0.3 is 0 Å². The Bertz CT molecular complexity index is 780. The van der Waals surface area contributed by atoms with Crippen LogP contribution >= 0.6 is 23.2 Å². The molecule has 4 saturated carbocycles. The lowest BCUT2D eigenvalue weighted by Gasteiger charge is -2.60. The van der Waals surface area contributed by atoms with Gasteiger partial charge in [-0.3, -0.25) is 9.59 Å². The predicted octanol–water partition coefficient (Wildman–Crippen LogP) is 3.92. The molecule has 0 heterocycles. The fraction of sp³-hybridized carbons (Fsp3) is 0.636. The van der Waals surface area contributed by atoms with Crippen LogP contribution in [0.25, 0.3) is 0 Å². The highest BCUT2D eigenvalue weighted by atomic mass is 35.5. The lowest BCUT2D eigenvalue weighted by atomic mass is 9.51. The zero-order chi connectivity index (χ0) is 20.8. The molecule has 29 heavy (non-hydrogen) atoms. The van der Waals surface area contributed by atoms with Gasteiger partial charge in [0.15, 0.2) is 5.60 Å². The number of carbonyl (C=O) groups is 2. The molecule has 4 bridgehead atoms. The van der Waals surface area contributed by atoms with E-state index in [0.717, 1.165) is 32.1 Å². The highest BCUT2D eigenvalue weighted by Gasteiger charge is 2.56. The molecule has 4 aliphatic carbocycles. The van der Waals surface area contributed by atoms with E-state index in [2.05, 4.69) is 10.6 Å². The van der Waals surface area contributed by atoms with Gasteiger partial charge in [0.1, 0.15) is 11.6 Å².